The molecule has 2 heterocycles. The summed E-state index contributed by atoms with van der Waals surface area (Å²) in [6, 6.07) is 22.8. The fourth-order valence-corrected chi connectivity index (χ4v) is 3.65. The third-order valence-electron chi connectivity index (χ3n) is 4.86. The Bertz CT molecular complexity index is 1060. The molecule has 0 amide bonds. The number of nitriles is 2. The topological polar surface area (TPSA) is 67.0 Å². The van der Waals surface area contributed by atoms with Gasteiger partial charge < -0.3 is 4.90 Å². The molecule has 0 bridgehead atoms. The average molecular weight is 450 g/mol. The van der Waals surface area contributed by atoms with Gasteiger partial charge in [0.25, 0.3) is 0 Å². The summed E-state index contributed by atoms with van der Waals surface area (Å²) in [6.45, 7) is 4.36. The Morgan fingerprint density at radius 1 is 0.839 bits per heavy atom. The Hall–Kier alpha value is -3.09. The molecule has 1 fully saturated rings. The van der Waals surface area contributed by atoms with Gasteiger partial charge in [0.1, 0.15) is 6.07 Å². The van der Waals surface area contributed by atoms with Gasteiger partial charge in [-0.25, -0.2) is 0 Å². The number of hydrogen-bond donors (Lipinski definition) is 0. The predicted molar refractivity (Wildman–Crippen MR) is 124 cm³/mol. The lowest BCUT2D eigenvalue weighted by Crippen LogP contribution is -2.46. The number of rotatable bonds is 3. The molecule has 0 atom stereocenters. The van der Waals surface area contributed by atoms with Crippen LogP contribution in [0.3, 0.4) is 0 Å². The van der Waals surface area contributed by atoms with Crippen LogP contribution in [0.2, 0.25) is 10.0 Å². The van der Waals surface area contributed by atoms with E-state index in [0.717, 1.165) is 49.1 Å². The molecule has 5 nitrogen and oxygen atoms in total. The quantitative estimate of drug-likeness (QED) is 0.553. The molecule has 3 aromatic rings. The van der Waals surface area contributed by atoms with E-state index in [-0.39, 0.29) is 0 Å². The van der Waals surface area contributed by atoms with E-state index in [1.54, 1.807) is 24.4 Å². The summed E-state index contributed by atoms with van der Waals surface area (Å²) in [6.07, 6.45) is 1.61. The van der Waals surface area contributed by atoms with Crippen molar-refractivity contribution in [2.45, 2.75) is 6.54 Å². The molecule has 7 heteroatoms. The Morgan fingerprint density at radius 2 is 1.52 bits per heavy atom. The number of nitrogens with zero attached hydrogens (tertiary/aromatic N) is 5. The van der Waals surface area contributed by atoms with E-state index in [2.05, 4.69) is 26.9 Å². The van der Waals surface area contributed by atoms with Crippen molar-refractivity contribution in [3.63, 3.8) is 0 Å². The highest BCUT2D eigenvalue weighted by molar-refractivity contribution is 6.33. The molecule has 1 saturated heterocycles. The van der Waals surface area contributed by atoms with Crippen molar-refractivity contribution in [3.8, 4) is 12.1 Å². The SMILES string of the molecule is Clc1ccccc1.N#Cc1ccc(CN2CCN(c3ccc(C#N)cc3Cl)CC2)nc1. The normalized spacial score (nSPS) is 13.5. The molecule has 4 rings (SSSR count). The van der Waals surface area contributed by atoms with Crippen molar-refractivity contribution in [2.75, 3.05) is 31.1 Å². The second-order valence-electron chi connectivity index (χ2n) is 6.99. The second kappa shape index (κ2) is 11.3. The molecular formula is C24H21Cl2N5. The number of pyridine rings is 1. The molecule has 0 N–H and O–H groups in total. The van der Waals surface area contributed by atoms with Crippen LogP contribution in [-0.2, 0) is 6.54 Å². The van der Waals surface area contributed by atoms with E-state index in [9.17, 15) is 0 Å². The van der Waals surface area contributed by atoms with Crippen LogP contribution in [0, 0.1) is 22.7 Å². The highest BCUT2D eigenvalue weighted by atomic mass is 35.5. The van der Waals surface area contributed by atoms with Gasteiger partial charge in [0.15, 0.2) is 0 Å². The van der Waals surface area contributed by atoms with Gasteiger partial charge in [-0.3, -0.25) is 9.88 Å². The molecule has 1 aliphatic rings. The van der Waals surface area contributed by atoms with Gasteiger partial charge in [0, 0.05) is 43.9 Å². The van der Waals surface area contributed by atoms with Crippen LogP contribution >= 0.6 is 23.2 Å². The first-order valence-electron chi connectivity index (χ1n) is 9.81. The largest absolute Gasteiger partial charge is 0.368 e. The van der Waals surface area contributed by atoms with Gasteiger partial charge in [0.05, 0.1) is 33.6 Å². The number of piperazine rings is 1. The zero-order valence-corrected chi connectivity index (χ0v) is 18.4. The fourth-order valence-electron chi connectivity index (χ4n) is 3.21. The third kappa shape index (κ3) is 6.70. The number of benzene rings is 2. The maximum atomic E-state index is 8.92. The van der Waals surface area contributed by atoms with E-state index in [1.165, 1.54) is 0 Å². The smallest absolute Gasteiger partial charge is 0.101 e. The van der Waals surface area contributed by atoms with Crippen molar-refractivity contribution in [1.82, 2.24) is 9.88 Å². The van der Waals surface area contributed by atoms with E-state index >= 15 is 0 Å². The molecular weight excluding hydrogens is 429 g/mol. The summed E-state index contributed by atoms with van der Waals surface area (Å²) in [7, 11) is 0. The molecule has 0 radical (unpaired) electrons. The van der Waals surface area contributed by atoms with Crippen molar-refractivity contribution in [3.05, 3.63) is 93.7 Å². The summed E-state index contributed by atoms with van der Waals surface area (Å²) in [4.78, 5) is 8.90. The van der Waals surface area contributed by atoms with Crippen LogP contribution in [0.25, 0.3) is 0 Å². The van der Waals surface area contributed by atoms with Crippen LogP contribution in [0.5, 0.6) is 0 Å². The lowest BCUT2D eigenvalue weighted by molar-refractivity contribution is 0.247. The summed E-state index contributed by atoms with van der Waals surface area (Å²) < 4.78 is 0. The molecule has 0 unspecified atom stereocenters. The maximum absolute atomic E-state index is 8.92. The van der Waals surface area contributed by atoms with Gasteiger partial charge in [0.2, 0.25) is 0 Å². The number of aromatic nitrogens is 1. The Kier molecular flexibility index (Phi) is 8.27. The highest BCUT2D eigenvalue weighted by Gasteiger charge is 2.19. The van der Waals surface area contributed by atoms with Crippen LogP contribution in [0.1, 0.15) is 16.8 Å². The second-order valence-corrected chi connectivity index (χ2v) is 7.83. The van der Waals surface area contributed by atoms with E-state index < -0.39 is 0 Å². The zero-order valence-electron chi connectivity index (χ0n) is 16.9. The highest BCUT2D eigenvalue weighted by Crippen LogP contribution is 2.27. The minimum atomic E-state index is 0.578. The third-order valence-corrected chi connectivity index (χ3v) is 5.42. The molecule has 0 aliphatic carbocycles. The minimum absolute atomic E-state index is 0.578. The summed E-state index contributed by atoms with van der Waals surface area (Å²) in [5.41, 5.74) is 3.11. The van der Waals surface area contributed by atoms with Gasteiger partial charge in [-0.15, -0.1) is 0 Å². The average Bonchev–Trinajstić information content (AvgIpc) is 2.81. The zero-order chi connectivity index (χ0) is 22.1. The monoisotopic (exact) mass is 449 g/mol. The fraction of sp³-hybridized carbons (Fsp3) is 0.208. The van der Waals surface area contributed by atoms with Crippen molar-refractivity contribution in [2.24, 2.45) is 0 Å². The molecule has 2 aromatic carbocycles. The van der Waals surface area contributed by atoms with Gasteiger partial charge in [-0.05, 0) is 42.5 Å². The molecule has 0 spiro atoms. The van der Waals surface area contributed by atoms with Crippen LogP contribution in [0.15, 0.2) is 66.9 Å². The van der Waals surface area contributed by atoms with Crippen LogP contribution < -0.4 is 4.90 Å². The first kappa shape index (κ1) is 22.6. The first-order valence-corrected chi connectivity index (χ1v) is 10.6. The number of anilines is 1. The standard InChI is InChI=1S/C18H16ClN5.C6H5Cl/c19-17-9-14(10-20)2-4-18(17)24-7-5-23(6-8-24)13-16-3-1-15(11-21)12-22-16;7-6-4-2-1-3-5-6/h1-4,9,12H,5-8,13H2;1-5H. The minimum Gasteiger partial charge on any atom is -0.368 e. The lowest BCUT2D eigenvalue weighted by atomic mass is 10.2. The molecule has 31 heavy (non-hydrogen) atoms. The van der Waals surface area contributed by atoms with Crippen molar-refractivity contribution < 1.29 is 0 Å². The van der Waals surface area contributed by atoms with Gasteiger partial charge in [-0.2, -0.15) is 10.5 Å². The summed E-state index contributed by atoms with van der Waals surface area (Å²) >= 11 is 11.8. The molecule has 156 valence electrons. The lowest BCUT2D eigenvalue weighted by Gasteiger charge is -2.36. The van der Waals surface area contributed by atoms with Gasteiger partial charge >= 0.3 is 0 Å². The summed E-state index contributed by atoms with van der Waals surface area (Å²) in [5.74, 6) is 0. The Labute approximate surface area is 192 Å². The molecule has 1 aromatic heterocycles. The van der Waals surface area contributed by atoms with Crippen LogP contribution in [-0.4, -0.2) is 36.1 Å². The van der Waals surface area contributed by atoms with E-state index in [0.29, 0.717) is 16.1 Å². The van der Waals surface area contributed by atoms with Crippen LogP contribution in [0.4, 0.5) is 5.69 Å². The van der Waals surface area contributed by atoms with E-state index in [4.69, 9.17) is 33.7 Å². The summed E-state index contributed by atoms with van der Waals surface area (Å²) in [5, 5.41) is 19.1. The molecule has 0 saturated carbocycles. The predicted octanol–water partition coefficient (Wildman–Crippen LogP) is 5.14. The first-order chi connectivity index (χ1) is 15.1. The van der Waals surface area contributed by atoms with E-state index in [1.807, 2.05) is 42.5 Å². The Morgan fingerprint density at radius 3 is 2.03 bits per heavy atom. The maximum Gasteiger partial charge on any atom is 0.101 e. The number of halogens is 2. The molecule has 1 aliphatic heterocycles. The Balaban J connectivity index is 0.000000330. The van der Waals surface area contributed by atoms with Crippen molar-refractivity contribution in [1.29, 1.82) is 10.5 Å². The van der Waals surface area contributed by atoms with Crippen molar-refractivity contribution >= 4 is 28.9 Å². The van der Waals surface area contributed by atoms with Gasteiger partial charge in [-0.1, -0.05) is 41.4 Å². The number of hydrogen-bond acceptors (Lipinski definition) is 5.